The summed E-state index contributed by atoms with van der Waals surface area (Å²) in [7, 11) is -0.290. The van der Waals surface area contributed by atoms with E-state index in [4.69, 9.17) is 17.6 Å². The molecule has 0 bridgehead atoms. The second-order valence-corrected chi connectivity index (χ2v) is 15.9. The number of H-pyrrole nitrogens is 1. The predicted octanol–water partition coefficient (Wildman–Crippen LogP) is 4.07. The first-order valence-electron chi connectivity index (χ1n) is 18.5. The number of likely N-dealkylation sites (N-methyl/N-ethyl adjacent to an activating group) is 1. The number of benzene rings is 2. The van der Waals surface area contributed by atoms with Gasteiger partial charge in [-0.3, -0.25) is 24.1 Å². The van der Waals surface area contributed by atoms with Crippen LogP contribution in [-0.4, -0.2) is 94.0 Å². The van der Waals surface area contributed by atoms with Crippen LogP contribution in [0.4, 0.5) is 0 Å². The van der Waals surface area contributed by atoms with Gasteiger partial charge in [-0.25, -0.2) is 9.55 Å². The standard InChI is InChI=1S/C40H48N7O8P.4H2/c1-5-54-56(52,55-6-2)27-53-32-19-16-28(17-20-32)22-36(46(3)4)39(50)44-33-15-11-10-14-31-18-21-35(47(31)40(33)51)38(49)45-34(23-30-25-41-26-43-30)37(48)42-24-29-12-8-7-9-13-29;;;;/h1-2,7-9,12-13,16-17,19-20,25-26,31,33-36H,10-11,14-15,18,21-24,27H2,3-4H3,(H,41,43)(H,42,48)(H,44,50)(H,45,49);4*1H/t31?,33-,34-,35-,36-;;;;/m0..../s1. The number of imidazole rings is 1. The summed E-state index contributed by atoms with van der Waals surface area (Å²) in [5, 5.41) is 8.86. The van der Waals surface area contributed by atoms with Crippen molar-refractivity contribution < 1.29 is 43.2 Å². The lowest BCUT2D eigenvalue weighted by atomic mass is 9.98. The monoisotopic (exact) mass is 793 g/mol. The van der Waals surface area contributed by atoms with E-state index in [-0.39, 0.29) is 42.4 Å². The zero-order valence-corrected chi connectivity index (χ0v) is 32.4. The van der Waals surface area contributed by atoms with Gasteiger partial charge in [0.2, 0.25) is 30.0 Å². The van der Waals surface area contributed by atoms with Gasteiger partial charge in [-0.1, -0.05) is 68.2 Å². The van der Waals surface area contributed by atoms with Crippen LogP contribution in [0, 0.1) is 25.1 Å². The first-order chi connectivity index (χ1) is 27.0. The first kappa shape index (κ1) is 41.4. The maximum atomic E-state index is 14.3. The van der Waals surface area contributed by atoms with Gasteiger partial charge < -0.3 is 39.6 Å². The van der Waals surface area contributed by atoms with Crippen molar-refractivity contribution in [3.63, 3.8) is 0 Å². The van der Waals surface area contributed by atoms with Gasteiger partial charge in [0, 0.05) is 36.6 Å². The van der Waals surface area contributed by atoms with Gasteiger partial charge in [0.15, 0.2) is 0 Å². The molecule has 5 atom stereocenters. The SMILES string of the molecule is C#COP(=O)(COc1ccc(C[C@@H](C(=O)N[C@H]2CCCCC3CC[C@@H](C(=O)N[C@@H](Cc4cnc[nH]4)C(=O)NCc4ccccc4)N3C2=O)N(C)C)cc1)OC#C.[HH].[HH].[HH].[HH]. The van der Waals surface area contributed by atoms with E-state index in [0.29, 0.717) is 37.1 Å². The molecule has 4 N–H and O–H groups in total. The molecule has 0 aliphatic carbocycles. The van der Waals surface area contributed by atoms with E-state index in [0.717, 1.165) is 30.4 Å². The molecule has 5 rings (SSSR count). The predicted molar refractivity (Wildman–Crippen MR) is 216 cm³/mol. The molecule has 2 fully saturated rings. The van der Waals surface area contributed by atoms with Crippen molar-refractivity contribution in [3.8, 4) is 30.8 Å². The van der Waals surface area contributed by atoms with Gasteiger partial charge in [-0.15, -0.1) is 0 Å². The summed E-state index contributed by atoms with van der Waals surface area (Å²) < 4.78 is 27.4. The summed E-state index contributed by atoms with van der Waals surface area (Å²) in [5.74, 6) is -1.07. The second-order valence-electron chi connectivity index (χ2n) is 14.0. The van der Waals surface area contributed by atoms with E-state index < -0.39 is 44.0 Å². The Bertz CT molecular complexity index is 1930. The minimum Gasteiger partial charge on any atom is -0.478 e. The molecule has 3 heterocycles. The molecule has 56 heavy (non-hydrogen) atoms. The molecular weight excluding hydrogens is 737 g/mol. The lowest BCUT2D eigenvalue weighted by Crippen LogP contribution is -2.59. The van der Waals surface area contributed by atoms with Gasteiger partial charge in [0.25, 0.3) is 0 Å². The maximum Gasteiger partial charge on any atom is 0.484 e. The Morgan fingerprint density at radius 3 is 2.36 bits per heavy atom. The van der Waals surface area contributed by atoms with Gasteiger partial charge in [-0.05, 0) is 69.5 Å². The molecule has 3 aromatic rings. The van der Waals surface area contributed by atoms with Crippen LogP contribution in [0.3, 0.4) is 0 Å². The highest BCUT2D eigenvalue weighted by Gasteiger charge is 2.45. The minimum atomic E-state index is -3.85. The van der Waals surface area contributed by atoms with Crippen molar-refractivity contribution in [3.05, 3.63) is 83.9 Å². The Morgan fingerprint density at radius 2 is 1.70 bits per heavy atom. The largest absolute Gasteiger partial charge is 0.484 e. The smallest absolute Gasteiger partial charge is 0.478 e. The van der Waals surface area contributed by atoms with E-state index in [2.05, 4.69) is 35.0 Å². The quantitative estimate of drug-likeness (QED) is 0.115. The molecule has 0 radical (unpaired) electrons. The number of nitrogens with zero attached hydrogens (tertiary/aromatic N) is 3. The van der Waals surface area contributed by atoms with E-state index in [1.807, 2.05) is 30.3 Å². The molecule has 2 aliphatic rings. The van der Waals surface area contributed by atoms with E-state index in [9.17, 15) is 23.7 Å². The third kappa shape index (κ3) is 11.2. The number of aromatic nitrogens is 2. The number of hydrogen-bond acceptors (Lipinski definition) is 10. The highest BCUT2D eigenvalue weighted by atomic mass is 31.2. The number of fused-ring (bicyclic) bond motifs is 1. The maximum absolute atomic E-state index is 14.3. The third-order valence-electron chi connectivity index (χ3n) is 9.93. The summed E-state index contributed by atoms with van der Waals surface area (Å²) in [6.07, 6.45) is 20.7. The third-order valence-corrected chi connectivity index (χ3v) is 11.1. The van der Waals surface area contributed by atoms with E-state index >= 15 is 0 Å². The van der Waals surface area contributed by atoms with Gasteiger partial charge >= 0.3 is 7.60 Å². The van der Waals surface area contributed by atoms with Crippen LogP contribution in [0.2, 0.25) is 0 Å². The van der Waals surface area contributed by atoms with Crippen molar-refractivity contribution in [2.24, 2.45) is 0 Å². The van der Waals surface area contributed by atoms with Crippen molar-refractivity contribution >= 4 is 31.2 Å². The second kappa shape index (κ2) is 19.7. The minimum absolute atomic E-state index is 0. The highest BCUT2D eigenvalue weighted by Crippen LogP contribution is 2.47. The fraction of sp³-hybridized carbons (Fsp3) is 0.425. The Morgan fingerprint density at radius 1 is 0.982 bits per heavy atom. The summed E-state index contributed by atoms with van der Waals surface area (Å²) in [4.78, 5) is 66.1. The van der Waals surface area contributed by atoms with Gasteiger partial charge in [0.05, 0.1) is 12.4 Å². The Balaban J connectivity index is 0.00000450. The zero-order chi connectivity index (χ0) is 40.1. The van der Waals surface area contributed by atoms with Crippen LogP contribution in [0.5, 0.6) is 5.75 Å². The fourth-order valence-corrected chi connectivity index (χ4v) is 7.80. The molecule has 304 valence electrons. The van der Waals surface area contributed by atoms with Crippen LogP contribution in [0.15, 0.2) is 67.1 Å². The summed E-state index contributed by atoms with van der Waals surface area (Å²) in [5.41, 5.74) is 2.39. The molecule has 16 heteroatoms. The number of amides is 4. The summed E-state index contributed by atoms with van der Waals surface area (Å²) in [6, 6.07) is 12.9. The molecule has 15 nitrogen and oxygen atoms in total. The van der Waals surface area contributed by atoms with Gasteiger partial charge in [-0.2, -0.15) is 0 Å². The van der Waals surface area contributed by atoms with Crippen molar-refractivity contribution in [2.45, 2.75) is 88.1 Å². The Hall–Kier alpha value is -5.76. The first-order valence-corrected chi connectivity index (χ1v) is 20.2. The molecular formula is C40H56N7O8P. The Kier molecular flexibility index (Phi) is 14.6. The molecule has 1 unspecified atom stereocenters. The van der Waals surface area contributed by atoms with Crippen LogP contribution in [-0.2, 0) is 52.2 Å². The topological polar surface area (TPSA) is 184 Å². The van der Waals surface area contributed by atoms with Gasteiger partial charge in [0.1, 0.15) is 36.1 Å². The fourth-order valence-electron chi connectivity index (χ4n) is 7.03. The summed E-state index contributed by atoms with van der Waals surface area (Å²) in [6.45, 7) is 0.289. The number of aromatic amines is 1. The number of ether oxygens (including phenoxy) is 1. The molecule has 2 saturated heterocycles. The summed E-state index contributed by atoms with van der Waals surface area (Å²) >= 11 is 0. The number of nitrogens with one attached hydrogen (secondary N) is 4. The van der Waals surface area contributed by atoms with E-state index in [1.54, 1.807) is 66.6 Å². The van der Waals surface area contributed by atoms with Crippen LogP contribution < -0.4 is 20.7 Å². The lowest BCUT2D eigenvalue weighted by Gasteiger charge is -2.36. The van der Waals surface area contributed by atoms with Crippen LogP contribution in [0.25, 0.3) is 0 Å². The number of rotatable bonds is 17. The lowest BCUT2D eigenvalue weighted by molar-refractivity contribution is -0.145. The molecule has 0 spiro atoms. The molecule has 0 saturated carbocycles. The normalized spacial score (nSPS) is 19.2. The number of carbonyl (C=O) groups excluding carboxylic acids is 4. The van der Waals surface area contributed by atoms with Crippen LogP contribution in [0.1, 0.15) is 61.1 Å². The van der Waals surface area contributed by atoms with Crippen molar-refractivity contribution in [2.75, 3.05) is 20.4 Å². The zero-order valence-electron chi connectivity index (χ0n) is 31.5. The number of terminal acetylenes is 2. The number of hydrogen-bond donors (Lipinski definition) is 4. The average molecular weight is 794 g/mol. The van der Waals surface area contributed by atoms with Crippen molar-refractivity contribution in [1.82, 2.24) is 35.7 Å². The molecule has 4 amide bonds. The number of carbonyl (C=O) groups is 4. The van der Waals surface area contributed by atoms with Crippen LogP contribution >= 0.6 is 7.60 Å². The molecule has 2 aliphatic heterocycles. The molecule has 1 aromatic heterocycles. The van der Waals surface area contributed by atoms with Crippen molar-refractivity contribution in [1.29, 1.82) is 0 Å². The average Bonchev–Trinajstić information content (AvgIpc) is 3.86. The van der Waals surface area contributed by atoms with E-state index in [1.165, 1.54) is 6.33 Å². The molecule has 2 aromatic carbocycles. The highest BCUT2D eigenvalue weighted by molar-refractivity contribution is 7.53. The Labute approximate surface area is 333 Å².